The summed E-state index contributed by atoms with van der Waals surface area (Å²) in [6, 6.07) is 3.89. The van der Waals surface area contributed by atoms with Gasteiger partial charge in [-0.25, -0.2) is 14.4 Å². The Morgan fingerprint density at radius 2 is 1.95 bits per heavy atom. The molecule has 2 N–H and O–H groups in total. The molecule has 1 aromatic carbocycles. The number of hydrogen-bond donors (Lipinski definition) is 2. The van der Waals surface area contributed by atoms with Crippen molar-refractivity contribution in [1.82, 2.24) is 9.97 Å². The minimum atomic E-state index is -0.493. The topological polar surface area (TPSA) is 58.0 Å². The van der Waals surface area contributed by atoms with E-state index in [0.29, 0.717) is 11.4 Å². The summed E-state index contributed by atoms with van der Waals surface area (Å²) in [6.07, 6.45) is 4.15. The van der Waals surface area contributed by atoms with Gasteiger partial charge in [0.2, 0.25) is 0 Å². The van der Waals surface area contributed by atoms with E-state index in [-0.39, 0.29) is 5.75 Å². The van der Waals surface area contributed by atoms with Gasteiger partial charge in [-0.15, -0.1) is 0 Å². The van der Waals surface area contributed by atoms with Crippen LogP contribution < -0.4 is 5.32 Å². The van der Waals surface area contributed by atoms with Gasteiger partial charge < -0.3 is 10.4 Å². The van der Waals surface area contributed by atoms with E-state index in [4.69, 9.17) is 0 Å². The lowest BCUT2D eigenvalue weighted by molar-refractivity contribution is 0.469. The number of rotatable bonds is 2. The summed E-state index contributed by atoms with van der Waals surface area (Å²) in [5.74, 6) is 0.637. The zero-order valence-electron chi connectivity index (χ0n) is 11.3. The van der Waals surface area contributed by atoms with Gasteiger partial charge in [-0.2, -0.15) is 0 Å². The number of phenolic OH excluding ortho intramolecular Hbond substituents is 1. The first-order valence-corrected chi connectivity index (χ1v) is 6.75. The van der Waals surface area contributed by atoms with Gasteiger partial charge >= 0.3 is 0 Å². The average Bonchev–Trinajstić information content (AvgIpc) is 2.45. The number of halogens is 1. The predicted molar refractivity (Wildman–Crippen MR) is 75.3 cm³/mol. The van der Waals surface area contributed by atoms with E-state index in [1.165, 1.54) is 12.1 Å². The molecule has 0 spiro atoms. The van der Waals surface area contributed by atoms with E-state index in [2.05, 4.69) is 15.3 Å². The Hall–Kier alpha value is -2.17. The van der Waals surface area contributed by atoms with Crippen molar-refractivity contribution < 1.29 is 9.50 Å². The number of nitrogens with one attached hydrogen (secondary N) is 1. The fraction of sp³-hybridized carbons (Fsp3) is 0.333. The maximum absolute atomic E-state index is 13.4. The van der Waals surface area contributed by atoms with E-state index in [9.17, 15) is 9.50 Å². The van der Waals surface area contributed by atoms with E-state index in [1.807, 2.05) is 7.05 Å². The van der Waals surface area contributed by atoms with Crippen LogP contribution in [0.4, 0.5) is 10.2 Å². The monoisotopic (exact) mass is 273 g/mol. The highest BCUT2D eigenvalue weighted by Crippen LogP contribution is 2.29. The summed E-state index contributed by atoms with van der Waals surface area (Å²) in [5, 5.41) is 12.6. The number of phenols is 1. The summed E-state index contributed by atoms with van der Waals surface area (Å²) >= 11 is 0. The third-order valence-corrected chi connectivity index (χ3v) is 3.56. The van der Waals surface area contributed by atoms with Gasteiger partial charge in [0.1, 0.15) is 17.4 Å². The molecular formula is C15H16FN3O. The van der Waals surface area contributed by atoms with Crippen molar-refractivity contribution in [2.24, 2.45) is 0 Å². The van der Waals surface area contributed by atoms with Crippen molar-refractivity contribution in [1.29, 1.82) is 0 Å². The van der Waals surface area contributed by atoms with Gasteiger partial charge in [0.15, 0.2) is 5.82 Å². The zero-order valence-corrected chi connectivity index (χ0v) is 11.3. The molecule has 0 saturated heterocycles. The highest BCUT2D eigenvalue weighted by atomic mass is 19.1. The molecule has 20 heavy (non-hydrogen) atoms. The Labute approximate surface area is 116 Å². The molecule has 1 aliphatic rings. The molecule has 0 radical (unpaired) electrons. The maximum atomic E-state index is 13.4. The highest BCUT2D eigenvalue weighted by Gasteiger charge is 2.18. The zero-order chi connectivity index (χ0) is 14.1. The van der Waals surface area contributed by atoms with Gasteiger partial charge in [-0.3, -0.25) is 0 Å². The molecule has 0 amide bonds. The maximum Gasteiger partial charge on any atom is 0.162 e. The van der Waals surface area contributed by atoms with Crippen LogP contribution in [0.5, 0.6) is 5.75 Å². The molecule has 0 fully saturated rings. The number of aromatic hydroxyl groups is 1. The standard InChI is InChI=1S/C15H16FN3O/c1-17-15-12-4-2-3-5-13(12)18-14(19-15)9-6-10(16)8-11(20)7-9/h6-8,20H,2-5H2,1H3,(H,17,18,19). The van der Waals surface area contributed by atoms with Gasteiger partial charge in [0.25, 0.3) is 0 Å². The van der Waals surface area contributed by atoms with Crippen LogP contribution in [0.2, 0.25) is 0 Å². The van der Waals surface area contributed by atoms with Crippen molar-refractivity contribution in [3.8, 4) is 17.1 Å². The quantitative estimate of drug-likeness (QED) is 0.883. The molecule has 4 nitrogen and oxygen atoms in total. The molecule has 5 heteroatoms. The Morgan fingerprint density at radius 3 is 2.70 bits per heavy atom. The molecule has 0 atom stereocenters. The van der Waals surface area contributed by atoms with E-state index >= 15 is 0 Å². The molecule has 104 valence electrons. The first kappa shape index (κ1) is 12.8. The normalized spacial score (nSPS) is 13.9. The van der Waals surface area contributed by atoms with Crippen molar-refractivity contribution in [2.75, 3.05) is 12.4 Å². The lowest BCUT2D eigenvalue weighted by Crippen LogP contribution is -2.11. The van der Waals surface area contributed by atoms with E-state index < -0.39 is 5.82 Å². The molecule has 0 unspecified atom stereocenters. The second kappa shape index (κ2) is 5.07. The Morgan fingerprint density at radius 1 is 1.15 bits per heavy atom. The van der Waals surface area contributed by atoms with Crippen molar-refractivity contribution in [3.05, 3.63) is 35.3 Å². The molecule has 0 saturated carbocycles. The van der Waals surface area contributed by atoms with Crippen LogP contribution in [0.25, 0.3) is 11.4 Å². The lowest BCUT2D eigenvalue weighted by Gasteiger charge is -2.18. The minimum absolute atomic E-state index is 0.118. The first-order chi connectivity index (χ1) is 9.67. The van der Waals surface area contributed by atoms with Crippen LogP contribution in [0.15, 0.2) is 18.2 Å². The molecular weight excluding hydrogens is 257 g/mol. The van der Waals surface area contributed by atoms with Crippen molar-refractivity contribution in [2.45, 2.75) is 25.7 Å². The number of benzene rings is 1. The SMILES string of the molecule is CNc1nc(-c2cc(O)cc(F)c2)nc2c1CCCC2. The second-order valence-electron chi connectivity index (χ2n) is 4.98. The smallest absolute Gasteiger partial charge is 0.162 e. The number of hydrogen-bond acceptors (Lipinski definition) is 4. The van der Waals surface area contributed by atoms with E-state index in [0.717, 1.165) is 48.8 Å². The highest BCUT2D eigenvalue weighted by molar-refractivity contribution is 5.62. The van der Waals surface area contributed by atoms with Crippen molar-refractivity contribution in [3.63, 3.8) is 0 Å². The number of nitrogens with zero attached hydrogens (tertiary/aromatic N) is 2. The summed E-state index contributed by atoms with van der Waals surface area (Å²) < 4.78 is 13.4. The fourth-order valence-electron chi connectivity index (χ4n) is 2.63. The minimum Gasteiger partial charge on any atom is -0.508 e. The number of anilines is 1. The van der Waals surface area contributed by atoms with Crippen LogP contribution >= 0.6 is 0 Å². The molecule has 1 aliphatic carbocycles. The molecule has 1 aromatic heterocycles. The van der Waals surface area contributed by atoms with Crippen LogP contribution in [-0.4, -0.2) is 22.1 Å². The molecule has 0 aliphatic heterocycles. The fourth-order valence-corrected chi connectivity index (χ4v) is 2.63. The average molecular weight is 273 g/mol. The molecule has 3 rings (SSSR count). The number of aromatic nitrogens is 2. The third kappa shape index (κ3) is 2.31. The molecule has 0 bridgehead atoms. The lowest BCUT2D eigenvalue weighted by atomic mass is 9.96. The largest absolute Gasteiger partial charge is 0.508 e. The Balaban J connectivity index is 2.14. The summed E-state index contributed by atoms with van der Waals surface area (Å²) in [7, 11) is 1.82. The van der Waals surface area contributed by atoms with E-state index in [1.54, 1.807) is 0 Å². The van der Waals surface area contributed by atoms with Gasteiger partial charge in [-0.05, 0) is 37.8 Å². The molecule has 2 aromatic rings. The van der Waals surface area contributed by atoms with Gasteiger partial charge in [0, 0.05) is 29.9 Å². The van der Waals surface area contributed by atoms with Crippen LogP contribution in [0, 0.1) is 5.82 Å². The van der Waals surface area contributed by atoms with Crippen LogP contribution in [0.1, 0.15) is 24.1 Å². The summed E-state index contributed by atoms with van der Waals surface area (Å²) in [5.41, 5.74) is 2.67. The van der Waals surface area contributed by atoms with Gasteiger partial charge in [0.05, 0.1) is 0 Å². The van der Waals surface area contributed by atoms with Crippen molar-refractivity contribution >= 4 is 5.82 Å². The predicted octanol–water partition coefficient (Wildman–Crippen LogP) is 2.91. The first-order valence-electron chi connectivity index (χ1n) is 6.75. The van der Waals surface area contributed by atoms with Crippen LogP contribution in [-0.2, 0) is 12.8 Å². The summed E-state index contributed by atoms with van der Waals surface area (Å²) in [4.78, 5) is 9.00. The summed E-state index contributed by atoms with van der Waals surface area (Å²) in [6.45, 7) is 0. The van der Waals surface area contributed by atoms with Gasteiger partial charge in [-0.1, -0.05) is 0 Å². The molecule has 1 heterocycles. The second-order valence-corrected chi connectivity index (χ2v) is 4.98. The number of fused-ring (bicyclic) bond motifs is 1. The number of aryl methyl sites for hydroxylation is 1. The Kier molecular flexibility index (Phi) is 3.26. The third-order valence-electron chi connectivity index (χ3n) is 3.56. The van der Waals surface area contributed by atoms with Crippen LogP contribution in [0.3, 0.4) is 0 Å². The Bertz CT molecular complexity index is 620.